The second-order valence-corrected chi connectivity index (χ2v) is 10.8. The van der Waals surface area contributed by atoms with Crippen LogP contribution in [0.25, 0.3) is 0 Å². The van der Waals surface area contributed by atoms with Crippen LogP contribution in [-0.4, -0.2) is 11.0 Å². The monoisotopic (exact) mass is 347 g/mol. The van der Waals surface area contributed by atoms with Crippen LogP contribution in [0.1, 0.15) is 85.5 Å². The van der Waals surface area contributed by atoms with E-state index in [0.717, 1.165) is 48.9 Å². The smallest absolute Gasteiger partial charge is 0.213 e. The largest absolute Gasteiger partial charge is 0.264 e. The van der Waals surface area contributed by atoms with E-state index in [4.69, 9.17) is 0 Å². The minimum atomic E-state index is -0.264. The highest BCUT2D eigenvalue weighted by Crippen LogP contribution is 2.68. The highest BCUT2D eigenvalue weighted by Gasteiger charge is 2.60. The molecule has 3 nitrogen and oxygen atoms in total. The first-order valence-electron chi connectivity index (χ1n) is 10.9. The molecule has 0 N–H and O–H groups in total. The molecule has 4 aliphatic rings. The molecule has 0 amide bonds. The standard InChI is InChI=1S/C22H37NO2/c1-14(2)18-7-8-19-17-6-5-15-13-16(23(24)25)9-11-21(15,3)20(17)10-12-22(18,19)4/h14-20H,5-13H2,1-4H3. The Labute approximate surface area is 153 Å². The Bertz CT molecular complexity index is 546. The number of nitrogens with zero attached hydrogens (tertiary/aromatic N) is 1. The molecule has 4 saturated carbocycles. The van der Waals surface area contributed by atoms with Gasteiger partial charge in [0.05, 0.1) is 0 Å². The lowest BCUT2D eigenvalue weighted by atomic mass is 9.44. The maximum Gasteiger partial charge on any atom is 0.213 e. The molecule has 0 aromatic carbocycles. The molecule has 4 rings (SSSR count). The molecule has 8 unspecified atom stereocenters. The fourth-order valence-electron chi connectivity index (χ4n) is 8.56. The molecule has 4 aliphatic carbocycles. The summed E-state index contributed by atoms with van der Waals surface area (Å²) >= 11 is 0. The van der Waals surface area contributed by atoms with E-state index in [1.165, 1.54) is 38.5 Å². The summed E-state index contributed by atoms with van der Waals surface area (Å²) < 4.78 is 0. The molecule has 0 aromatic rings. The lowest BCUT2D eigenvalue weighted by molar-refractivity contribution is -0.531. The zero-order valence-corrected chi connectivity index (χ0v) is 16.7. The van der Waals surface area contributed by atoms with Gasteiger partial charge in [-0.15, -0.1) is 0 Å². The first-order valence-corrected chi connectivity index (χ1v) is 10.9. The zero-order chi connectivity index (χ0) is 18.0. The van der Waals surface area contributed by atoms with E-state index >= 15 is 0 Å². The Kier molecular flexibility index (Phi) is 4.24. The van der Waals surface area contributed by atoms with Gasteiger partial charge in [0, 0.05) is 17.8 Å². The van der Waals surface area contributed by atoms with E-state index < -0.39 is 0 Å². The highest BCUT2D eigenvalue weighted by atomic mass is 16.6. The van der Waals surface area contributed by atoms with Crippen LogP contribution in [0, 0.1) is 56.5 Å². The Balaban J connectivity index is 1.57. The predicted molar refractivity (Wildman–Crippen MR) is 101 cm³/mol. The van der Waals surface area contributed by atoms with Gasteiger partial charge in [-0.1, -0.05) is 27.7 Å². The molecule has 4 fully saturated rings. The Morgan fingerprint density at radius 1 is 0.920 bits per heavy atom. The normalized spacial score (nSPS) is 52.4. The molecule has 0 saturated heterocycles. The summed E-state index contributed by atoms with van der Waals surface area (Å²) in [6, 6.07) is -0.264. The third kappa shape index (κ3) is 2.51. The molecule has 0 aliphatic heterocycles. The summed E-state index contributed by atoms with van der Waals surface area (Å²) in [4.78, 5) is 11.3. The van der Waals surface area contributed by atoms with Gasteiger partial charge in [-0.25, -0.2) is 0 Å². The molecule has 3 heteroatoms. The van der Waals surface area contributed by atoms with Crippen molar-refractivity contribution in [3.63, 3.8) is 0 Å². The quantitative estimate of drug-likeness (QED) is 0.458. The Hall–Kier alpha value is -0.600. The second kappa shape index (κ2) is 5.96. The molecule has 0 heterocycles. The molecular weight excluding hydrogens is 310 g/mol. The van der Waals surface area contributed by atoms with Crippen molar-refractivity contribution in [2.24, 2.45) is 46.3 Å². The maximum atomic E-state index is 11.3. The lowest BCUT2D eigenvalue weighted by Crippen LogP contribution is -2.54. The van der Waals surface area contributed by atoms with Crippen molar-refractivity contribution in [1.29, 1.82) is 0 Å². The van der Waals surface area contributed by atoms with Crippen LogP contribution in [0.5, 0.6) is 0 Å². The van der Waals surface area contributed by atoms with Crippen LogP contribution in [-0.2, 0) is 0 Å². The van der Waals surface area contributed by atoms with Gasteiger partial charge in [0.2, 0.25) is 6.04 Å². The van der Waals surface area contributed by atoms with Crippen molar-refractivity contribution in [2.75, 3.05) is 0 Å². The minimum absolute atomic E-state index is 0.00775. The number of nitro groups is 1. The number of rotatable bonds is 2. The summed E-state index contributed by atoms with van der Waals surface area (Å²) in [7, 11) is 0. The van der Waals surface area contributed by atoms with Crippen molar-refractivity contribution < 1.29 is 4.92 Å². The van der Waals surface area contributed by atoms with Crippen LogP contribution >= 0.6 is 0 Å². The topological polar surface area (TPSA) is 43.1 Å². The molecular formula is C22H37NO2. The predicted octanol–water partition coefficient (Wildman–Crippen LogP) is 5.95. The summed E-state index contributed by atoms with van der Waals surface area (Å²) in [6.45, 7) is 9.99. The van der Waals surface area contributed by atoms with Crippen LogP contribution < -0.4 is 0 Å². The SMILES string of the molecule is CC(C)C1CCC2C3CCC4CC([N+](=O)[O-])CCC4(C)C3CCC12C. The molecule has 0 spiro atoms. The number of fused-ring (bicyclic) bond motifs is 5. The average molecular weight is 348 g/mol. The average Bonchev–Trinajstić information content (AvgIpc) is 2.91. The number of hydrogen-bond acceptors (Lipinski definition) is 2. The lowest BCUT2D eigenvalue weighted by Gasteiger charge is -2.60. The van der Waals surface area contributed by atoms with E-state index in [1.807, 2.05) is 0 Å². The van der Waals surface area contributed by atoms with Gasteiger partial charge in [0.25, 0.3) is 0 Å². The summed E-state index contributed by atoms with van der Waals surface area (Å²) in [5, 5.41) is 11.3. The van der Waals surface area contributed by atoms with Gasteiger partial charge < -0.3 is 0 Å². The van der Waals surface area contributed by atoms with Crippen LogP contribution in [0.3, 0.4) is 0 Å². The fraction of sp³-hybridized carbons (Fsp3) is 1.00. The first-order chi connectivity index (χ1) is 11.8. The van der Waals surface area contributed by atoms with E-state index in [2.05, 4.69) is 27.7 Å². The third-order valence-corrected chi connectivity index (χ3v) is 9.81. The van der Waals surface area contributed by atoms with Crippen molar-refractivity contribution in [1.82, 2.24) is 0 Å². The van der Waals surface area contributed by atoms with Gasteiger partial charge in [-0.3, -0.25) is 10.1 Å². The molecule has 25 heavy (non-hydrogen) atoms. The maximum absolute atomic E-state index is 11.3. The van der Waals surface area contributed by atoms with Gasteiger partial charge in [0.15, 0.2) is 0 Å². The van der Waals surface area contributed by atoms with Crippen molar-refractivity contribution in [2.45, 2.75) is 91.5 Å². The first kappa shape index (κ1) is 17.8. The van der Waals surface area contributed by atoms with Crippen LogP contribution in [0.4, 0.5) is 0 Å². The fourth-order valence-corrected chi connectivity index (χ4v) is 8.56. The summed E-state index contributed by atoms with van der Waals surface area (Å²) in [5.74, 6) is 4.98. The zero-order valence-electron chi connectivity index (χ0n) is 16.7. The van der Waals surface area contributed by atoms with E-state index in [0.29, 0.717) is 16.7 Å². The van der Waals surface area contributed by atoms with Gasteiger partial charge in [-0.05, 0) is 91.3 Å². The van der Waals surface area contributed by atoms with Gasteiger partial charge in [0.1, 0.15) is 0 Å². The van der Waals surface area contributed by atoms with Gasteiger partial charge >= 0.3 is 0 Å². The van der Waals surface area contributed by atoms with E-state index in [9.17, 15) is 10.1 Å². The molecule has 0 aromatic heterocycles. The molecule has 0 bridgehead atoms. The van der Waals surface area contributed by atoms with Crippen LogP contribution in [0.2, 0.25) is 0 Å². The van der Waals surface area contributed by atoms with Crippen molar-refractivity contribution in [3.8, 4) is 0 Å². The minimum Gasteiger partial charge on any atom is -0.264 e. The molecule has 8 atom stereocenters. The number of hydrogen-bond donors (Lipinski definition) is 0. The van der Waals surface area contributed by atoms with Gasteiger partial charge in [-0.2, -0.15) is 0 Å². The van der Waals surface area contributed by atoms with Crippen LogP contribution in [0.15, 0.2) is 0 Å². The second-order valence-electron chi connectivity index (χ2n) is 10.8. The molecule has 142 valence electrons. The third-order valence-electron chi connectivity index (χ3n) is 9.81. The van der Waals surface area contributed by atoms with E-state index in [1.54, 1.807) is 0 Å². The van der Waals surface area contributed by atoms with E-state index in [-0.39, 0.29) is 11.0 Å². The molecule has 0 radical (unpaired) electrons. The Morgan fingerprint density at radius 2 is 1.60 bits per heavy atom. The van der Waals surface area contributed by atoms with Crippen molar-refractivity contribution >= 4 is 0 Å². The highest BCUT2D eigenvalue weighted by molar-refractivity contribution is 5.09. The Morgan fingerprint density at radius 3 is 2.28 bits per heavy atom. The summed E-state index contributed by atoms with van der Waals surface area (Å²) in [6.07, 6.45) is 11.0. The van der Waals surface area contributed by atoms with Crippen molar-refractivity contribution in [3.05, 3.63) is 10.1 Å². The summed E-state index contributed by atoms with van der Waals surface area (Å²) in [5.41, 5.74) is 0.948.